The lowest BCUT2D eigenvalue weighted by Gasteiger charge is -2.05. The van der Waals surface area contributed by atoms with Crippen molar-refractivity contribution in [3.63, 3.8) is 0 Å². The fourth-order valence-electron chi connectivity index (χ4n) is 1.43. The molecule has 0 fully saturated rings. The molecule has 17 heavy (non-hydrogen) atoms. The average molecular weight is 233 g/mol. The molecule has 1 rings (SSSR count). The molecule has 0 saturated carbocycles. The van der Waals surface area contributed by atoms with Gasteiger partial charge < -0.3 is 4.84 Å². The Hall–Kier alpha value is -1.64. The Balaban J connectivity index is 2.56. The van der Waals surface area contributed by atoms with Crippen LogP contribution in [0.25, 0.3) is 0 Å². The summed E-state index contributed by atoms with van der Waals surface area (Å²) in [6, 6.07) is 7.95. The summed E-state index contributed by atoms with van der Waals surface area (Å²) in [5, 5.41) is 3.85. The van der Waals surface area contributed by atoms with Gasteiger partial charge in [0.05, 0.1) is 0 Å². The van der Waals surface area contributed by atoms with Gasteiger partial charge in [-0.05, 0) is 25.0 Å². The molecule has 0 heterocycles. The lowest BCUT2D eigenvalue weighted by molar-refractivity contribution is -0.115. The second-order valence-corrected chi connectivity index (χ2v) is 4.40. The molecule has 0 aliphatic heterocycles. The number of carbonyl (C=O) groups is 1. The van der Waals surface area contributed by atoms with E-state index in [1.54, 1.807) is 6.92 Å². The Morgan fingerprint density at radius 3 is 2.59 bits per heavy atom. The van der Waals surface area contributed by atoms with Crippen LogP contribution in [0.15, 0.2) is 29.4 Å². The number of hydrogen-bond donors (Lipinski definition) is 0. The van der Waals surface area contributed by atoms with Crippen molar-refractivity contribution in [1.29, 1.82) is 0 Å². The van der Waals surface area contributed by atoms with E-state index in [4.69, 9.17) is 4.84 Å². The van der Waals surface area contributed by atoms with Crippen LogP contribution in [0.1, 0.15) is 31.9 Å². The van der Waals surface area contributed by atoms with E-state index >= 15 is 0 Å². The molecular formula is C14H19NO2. The lowest BCUT2D eigenvalue weighted by Crippen LogP contribution is -2.16. The molecule has 0 spiro atoms. The zero-order valence-electron chi connectivity index (χ0n) is 10.9. The lowest BCUT2D eigenvalue weighted by atomic mass is 10.1. The minimum absolute atomic E-state index is 0.0229. The molecule has 1 aromatic carbocycles. The van der Waals surface area contributed by atoms with Gasteiger partial charge >= 0.3 is 0 Å². The average Bonchev–Trinajstić information content (AvgIpc) is 2.30. The van der Waals surface area contributed by atoms with E-state index < -0.39 is 0 Å². The van der Waals surface area contributed by atoms with Crippen LogP contribution < -0.4 is 0 Å². The Kier molecular flexibility index (Phi) is 4.88. The summed E-state index contributed by atoms with van der Waals surface area (Å²) in [5.41, 5.74) is 2.67. The standard InChI is InChI=1S/C14H19NO2/c1-10(2)14(16)12(4)15-17-9-13-8-6-5-7-11(13)3/h5-8,10H,9H2,1-4H3/b15-12+. The molecule has 0 aliphatic carbocycles. The van der Waals surface area contributed by atoms with Crippen LogP contribution >= 0.6 is 0 Å². The zero-order valence-corrected chi connectivity index (χ0v) is 10.9. The second kappa shape index (κ2) is 6.18. The van der Waals surface area contributed by atoms with Crippen LogP contribution in [-0.4, -0.2) is 11.5 Å². The van der Waals surface area contributed by atoms with Gasteiger partial charge in [-0.3, -0.25) is 4.79 Å². The molecule has 0 unspecified atom stereocenters. The molecule has 0 radical (unpaired) electrons. The molecule has 3 nitrogen and oxygen atoms in total. The summed E-state index contributed by atoms with van der Waals surface area (Å²) in [7, 11) is 0. The number of aryl methyl sites for hydroxylation is 1. The number of oxime groups is 1. The van der Waals surface area contributed by atoms with Gasteiger partial charge in [-0.15, -0.1) is 0 Å². The smallest absolute Gasteiger partial charge is 0.182 e. The SMILES string of the molecule is C/C(=N\OCc1ccccc1C)C(=O)C(C)C. The van der Waals surface area contributed by atoms with E-state index in [1.165, 1.54) is 0 Å². The molecule has 92 valence electrons. The topological polar surface area (TPSA) is 38.7 Å². The van der Waals surface area contributed by atoms with Gasteiger partial charge in [0.1, 0.15) is 12.3 Å². The molecule has 0 amide bonds. The van der Waals surface area contributed by atoms with Gasteiger partial charge in [-0.1, -0.05) is 43.3 Å². The van der Waals surface area contributed by atoms with Crippen molar-refractivity contribution >= 4 is 11.5 Å². The van der Waals surface area contributed by atoms with Gasteiger partial charge in [0.2, 0.25) is 0 Å². The van der Waals surface area contributed by atoms with Crippen molar-refractivity contribution in [1.82, 2.24) is 0 Å². The highest BCUT2D eigenvalue weighted by atomic mass is 16.6. The fraction of sp³-hybridized carbons (Fsp3) is 0.429. The highest BCUT2D eigenvalue weighted by molar-refractivity contribution is 6.39. The van der Waals surface area contributed by atoms with Gasteiger partial charge in [0.25, 0.3) is 0 Å². The highest BCUT2D eigenvalue weighted by Crippen LogP contribution is 2.08. The number of hydrogen-bond acceptors (Lipinski definition) is 3. The number of benzene rings is 1. The van der Waals surface area contributed by atoms with E-state index in [0.717, 1.165) is 11.1 Å². The molecule has 1 aromatic rings. The van der Waals surface area contributed by atoms with Crippen molar-refractivity contribution in [2.45, 2.75) is 34.3 Å². The Bertz CT molecular complexity index is 422. The first-order valence-corrected chi connectivity index (χ1v) is 5.77. The van der Waals surface area contributed by atoms with Crippen molar-refractivity contribution in [2.75, 3.05) is 0 Å². The third kappa shape index (κ3) is 4.02. The predicted octanol–water partition coefficient (Wildman–Crippen LogP) is 3.11. The molecule has 0 saturated heterocycles. The maximum atomic E-state index is 11.5. The van der Waals surface area contributed by atoms with E-state index in [1.807, 2.05) is 45.0 Å². The summed E-state index contributed by atoms with van der Waals surface area (Å²) in [6.45, 7) is 7.80. The fourth-order valence-corrected chi connectivity index (χ4v) is 1.43. The van der Waals surface area contributed by atoms with Crippen molar-refractivity contribution in [3.05, 3.63) is 35.4 Å². The van der Waals surface area contributed by atoms with Gasteiger partial charge in [0.15, 0.2) is 5.78 Å². The molecule has 0 atom stereocenters. The van der Waals surface area contributed by atoms with E-state index in [2.05, 4.69) is 5.16 Å². The minimum Gasteiger partial charge on any atom is -0.391 e. The van der Waals surface area contributed by atoms with Crippen molar-refractivity contribution < 1.29 is 9.63 Å². The van der Waals surface area contributed by atoms with Crippen LogP contribution in [0.5, 0.6) is 0 Å². The summed E-state index contributed by atoms with van der Waals surface area (Å²) < 4.78 is 0. The molecule has 3 heteroatoms. The maximum absolute atomic E-state index is 11.5. The van der Waals surface area contributed by atoms with Crippen LogP contribution in [0.3, 0.4) is 0 Å². The Labute approximate surface area is 102 Å². The molecule has 0 aliphatic rings. The first-order valence-electron chi connectivity index (χ1n) is 5.77. The van der Waals surface area contributed by atoms with Crippen LogP contribution in [0, 0.1) is 12.8 Å². The summed E-state index contributed by atoms with van der Waals surface area (Å²) in [5.74, 6) is -0.0180. The Morgan fingerprint density at radius 2 is 2.00 bits per heavy atom. The van der Waals surface area contributed by atoms with Crippen LogP contribution in [0.4, 0.5) is 0 Å². The van der Waals surface area contributed by atoms with E-state index in [-0.39, 0.29) is 11.7 Å². The maximum Gasteiger partial charge on any atom is 0.182 e. The number of Topliss-reactive ketones (excluding diaryl/α,β-unsaturated/α-hetero) is 1. The highest BCUT2D eigenvalue weighted by Gasteiger charge is 2.11. The summed E-state index contributed by atoms with van der Waals surface area (Å²) in [6.07, 6.45) is 0. The van der Waals surface area contributed by atoms with Crippen LogP contribution in [0.2, 0.25) is 0 Å². The quantitative estimate of drug-likeness (QED) is 0.579. The first kappa shape index (κ1) is 13.4. The minimum atomic E-state index is -0.0409. The number of rotatable bonds is 5. The number of carbonyl (C=O) groups excluding carboxylic acids is 1. The number of nitrogens with zero attached hydrogens (tertiary/aromatic N) is 1. The first-order chi connectivity index (χ1) is 8.02. The Morgan fingerprint density at radius 1 is 1.35 bits per heavy atom. The summed E-state index contributed by atoms with van der Waals surface area (Å²) in [4.78, 5) is 16.7. The van der Waals surface area contributed by atoms with Gasteiger partial charge in [0, 0.05) is 5.92 Å². The third-order valence-electron chi connectivity index (χ3n) is 2.56. The summed E-state index contributed by atoms with van der Waals surface area (Å²) >= 11 is 0. The monoisotopic (exact) mass is 233 g/mol. The predicted molar refractivity (Wildman–Crippen MR) is 68.9 cm³/mol. The largest absolute Gasteiger partial charge is 0.391 e. The van der Waals surface area contributed by atoms with Gasteiger partial charge in [-0.25, -0.2) is 0 Å². The molecule has 0 N–H and O–H groups in total. The van der Waals surface area contributed by atoms with Crippen LogP contribution in [-0.2, 0) is 16.2 Å². The van der Waals surface area contributed by atoms with Crippen molar-refractivity contribution in [3.8, 4) is 0 Å². The number of ketones is 1. The van der Waals surface area contributed by atoms with Gasteiger partial charge in [-0.2, -0.15) is 0 Å². The van der Waals surface area contributed by atoms with Crippen molar-refractivity contribution in [2.24, 2.45) is 11.1 Å². The van der Waals surface area contributed by atoms with E-state index in [9.17, 15) is 4.79 Å². The molecule has 0 bridgehead atoms. The third-order valence-corrected chi connectivity index (χ3v) is 2.56. The van der Waals surface area contributed by atoms with E-state index in [0.29, 0.717) is 12.3 Å². The second-order valence-electron chi connectivity index (χ2n) is 4.40. The molecular weight excluding hydrogens is 214 g/mol. The zero-order chi connectivity index (χ0) is 12.8. The molecule has 0 aromatic heterocycles. The normalized spacial score (nSPS) is 11.7.